The first kappa shape index (κ1) is 15.6. The number of hydrogen-bond donors (Lipinski definition) is 2. The Morgan fingerprint density at radius 3 is 2.96 bits per heavy atom. The number of anilines is 1. The molecule has 0 unspecified atom stereocenters. The van der Waals surface area contributed by atoms with Crippen LogP contribution in [0.3, 0.4) is 0 Å². The lowest BCUT2D eigenvalue weighted by Crippen LogP contribution is -2.10. The van der Waals surface area contributed by atoms with E-state index in [1.165, 1.54) is 17.1 Å². The zero-order valence-electron chi connectivity index (χ0n) is 12.2. The maximum absolute atomic E-state index is 13.9. The van der Waals surface area contributed by atoms with Gasteiger partial charge in [-0.1, -0.05) is 22.9 Å². The molecule has 1 aromatic carbocycles. The molecule has 3 aromatic rings. The molecule has 0 saturated carbocycles. The first-order chi connectivity index (χ1) is 11.2. The highest BCUT2D eigenvalue weighted by Crippen LogP contribution is 2.22. The average Bonchev–Trinajstić information content (AvgIpc) is 2.95. The van der Waals surface area contributed by atoms with Gasteiger partial charge in [0.05, 0.1) is 6.54 Å². The molecule has 2 heterocycles. The average molecular weight is 336 g/mol. The molecule has 3 rings (SSSR count). The van der Waals surface area contributed by atoms with Crippen molar-refractivity contribution in [1.29, 1.82) is 0 Å². The number of nitrogens with zero attached hydrogens (tertiary/aromatic N) is 5. The zero-order valence-corrected chi connectivity index (χ0v) is 13.0. The van der Waals surface area contributed by atoms with E-state index in [-0.39, 0.29) is 6.54 Å². The molecule has 9 heteroatoms. The van der Waals surface area contributed by atoms with Crippen molar-refractivity contribution < 1.29 is 4.39 Å². The molecule has 0 aliphatic rings. The zero-order chi connectivity index (χ0) is 16.2. The Morgan fingerprint density at radius 2 is 2.17 bits per heavy atom. The molecule has 0 bridgehead atoms. The predicted molar refractivity (Wildman–Crippen MR) is 85.8 cm³/mol. The molecule has 0 radical (unpaired) electrons. The van der Waals surface area contributed by atoms with E-state index >= 15 is 0 Å². The summed E-state index contributed by atoms with van der Waals surface area (Å²) in [5.74, 6) is 0.186. The minimum absolute atomic E-state index is 0.140. The normalized spacial score (nSPS) is 11.1. The molecule has 0 aliphatic carbocycles. The fourth-order valence-corrected chi connectivity index (χ4v) is 2.39. The van der Waals surface area contributed by atoms with Crippen molar-refractivity contribution >= 4 is 28.6 Å². The van der Waals surface area contributed by atoms with Crippen molar-refractivity contribution in [2.75, 3.05) is 18.4 Å². The maximum atomic E-state index is 13.9. The summed E-state index contributed by atoms with van der Waals surface area (Å²) >= 11 is 6.05. The van der Waals surface area contributed by atoms with Gasteiger partial charge in [0.1, 0.15) is 12.1 Å². The van der Waals surface area contributed by atoms with Gasteiger partial charge in [-0.15, -0.1) is 5.10 Å². The molecule has 0 atom stereocenters. The van der Waals surface area contributed by atoms with Gasteiger partial charge >= 0.3 is 0 Å². The fourth-order valence-electron chi connectivity index (χ4n) is 2.17. The van der Waals surface area contributed by atoms with Crippen LogP contribution in [0, 0.1) is 5.82 Å². The fraction of sp³-hybridized carbons (Fsp3) is 0.286. The number of nitrogens with one attached hydrogen (secondary N) is 1. The van der Waals surface area contributed by atoms with Crippen molar-refractivity contribution in [2.45, 2.75) is 13.0 Å². The number of rotatable bonds is 6. The molecule has 0 aliphatic heterocycles. The summed E-state index contributed by atoms with van der Waals surface area (Å²) in [6.07, 6.45) is 2.22. The summed E-state index contributed by atoms with van der Waals surface area (Å²) in [5.41, 5.74) is 6.85. The van der Waals surface area contributed by atoms with Crippen LogP contribution in [0.1, 0.15) is 12.0 Å². The highest BCUT2D eigenvalue weighted by Gasteiger charge is 2.14. The molecule has 0 fully saturated rings. The number of hydrogen-bond acceptors (Lipinski definition) is 6. The van der Waals surface area contributed by atoms with Gasteiger partial charge in [-0.05, 0) is 25.1 Å². The van der Waals surface area contributed by atoms with Crippen LogP contribution >= 0.6 is 11.6 Å². The van der Waals surface area contributed by atoms with Gasteiger partial charge < -0.3 is 11.1 Å². The Kier molecular flexibility index (Phi) is 4.63. The van der Waals surface area contributed by atoms with Gasteiger partial charge in [-0.25, -0.2) is 19.0 Å². The van der Waals surface area contributed by atoms with Crippen molar-refractivity contribution in [2.24, 2.45) is 5.73 Å². The van der Waals surface area contributed by atoms with Crippen LogP contribution in [-0.2, 0) is 6.54 Å². The summed E-state index contributed by atoms with van der Waals surface area (Å²) in [6, 6.07) is 4.55. The van der Waals surface area contributed by atoms with Crippen LogP contribution in [0.4, 0.5) is 10.2 Å². The Balaban J connectivity index is 1.92. The molecule has 0 spiro atoms. The highest BCUT2D eigenvalue weighted by molar-refractivity contribution is 6.31. The van der Waals surface area contributed by atoms with Crippen LogP contribution in [-0.4, -0.2) is 38.1 Å². The van der Waals surface area contributed by atoms with Crippen molar-refractivity contribution in [3.05, 3.63) is 40.9 Å². The summed E-state index contributed by atoms with van der Waals surface area (Å²) in [5, 5.41) is 11.6. The van der Waals surface area contributed by atoms with Gasteiger partial charge in [0.25, 0.3) is 0 Å². The van der Waals surface area contributed by atoms with Gasteiger partial charge in [0.15, 0.2) is 17.0 Å². The molecule has 120 valence electrons. The van der Waals surface area contributed by atoms with Crippen molar-refractivity contribution in [3.8, 4) is 0 Å². The van der Waals surface area contributed by atoms with Crippen molar-refractivity contribution in [1.82, 2.24) is 25.0 Å². The third kappa shape index (κ3) is 3.22. The topological polar surface area (TPSA) is 94.5 Å². The number of halogens is 2. The van der Waals surface area contributed by atoms with E-state index in [9.17, 15) is 4.39 Å². The van der Waals surface area contributed by atoms with E-state index < -0.39 is 5.82 Å². The number of aromatic nitrogens is 5. The summed E-state index contributed by atoms with van der Waals surface area (Å²) in [6.45, 7) is 1.40. The van der Waals surface area contributed by atoms with Gasteiger partial charge in [-0.3, -0.25) is 0 Å². The molecular weight excluding hydrogens is 321 g/mol. The predicted octanol–water partition coefficient (Wildman–Crippen LogP) is 1.82. The van der Waals surface area contributed by atoms with E-state index in [1.807, 2.05) is 0 Å². The second kappa shape index (κ2) is 6.84. The second-order valence-corrected chi connectivity index (χ2v) is 5.32. The highest BCUT2D eigenvalue weighted by atomic mass is 35.5. The molecule has 2 aromatic heterocycles. The third-order valence-corrected chi connectivity index (χ3v) is 3.70. The van der Waals surface area contributed by atoms with Crippen LogP contribution in [0.25, 0.3) is 11.2 Å². The van der Waals surface area contributed by atoms with Crippen LogP contribution in [0.2, 0.25) is 5.02 Å². The standard InChI is InChI=1S/C14H15ClFN7/c15-10-3-1-4-11(16)9(10)7-23-14-12(21-22-23)13(19-8-20-14)18-6-2-5-17/h1,3-4,8H,2,5-7,17H2,(H,18,19,20). The third-order valence-electron chi connectivity index (χ3n) is 3.34. The Labute approximate surface area is 136 Å². The van der Waals surface area contributed by atoms with Crippen LogP contribution < -0.4 is 11.1 Å². The Bertz CT molecular complexity index is 800. The smallest absolute Gasteiger partial charge is 0.184 e. The first-order valence-electron chi connectivity index (χ1n) is 7.11. The number of fused-ring (bicyclic) bond motifs is 1. The molecule has 7 nitrogen and oxygen atoms in total. The Morgan fingerprint density at radius 1 is 1.30 bits per heavy atom. The Hall–Kier alpha value is -2.32. The lowest BCUT2D eigenvalue weighted by Gasteiger charge is -2.07. The van der Waals surface area contributed by atoms with E-state index in [0.29, 0.717) is 40.7 Å². The minimum atomic E-state index is -0.392. The second-order valence-electron chi connectivity index (χ2n) is 4.91. The van der Waals surface area contributed by atoms with Crippen LogP contribution in [0.15, 0.2) is 24.5 Å². The van der Waals surface area contributed by atoms with Crippen molar-refractivity contribution in [3.63, 3.8) is 0 Å². The maximum Gasteiger partial charge on any atom is 0.184 e. The lowest BCUT2D eigenvalue weighted by molar-refractivity contribution is 0.582. The molecular formula is C14H15ClFN7. The van der Waals surface area contributed by atoms with E-state index in [4.69, 9.17) is 17.3 Å². The molecule has 0 amide bonds. The monoisotopic (exact) mass is 335 g/mol. The van der Waals surface area contributed by atoms with Crippen LogP contribution in [0.5, 0.6) is 0 Å². The lowest BCUT2D eigenvalue weighted by atomic mass is 10.2. The van der Waals surface area contributed by atoms with Gasteiger partial charge in [-0.2, -0.15) is 0 Å². The van der Waals surface area contributed by atoms with E-state index in [2.05, 4.69) is 25.6 Å². The number of benzene rings is 1. The quantitative estimate of drug-likeness (QED) is 0.667. The summed E-state index contributed by atoms with van der Waals surface area (Å²) < 4.78 is 15.4. The number of nitrogens with two attached hydrogens (primary N) is 1. The molecule has 23 heavy (non-hydrogen) atoms. The van der Waals surface area contributed by atoms with Gasteiger partial charge in [0, 0.05) is 17.1 Å². The first-order valence-corrected chi connectivity index (χ1v) is 7.49. The summed E-state index contributed by atoms with van der Waals surface area (Å²) in [7, 11) is 0. The molecule has 0 saturated heterocycles. The molecule has 3 N–H and O–H groups in total. The largest absolute Gasteiger partial charge is 0.368 e. The van der Waals surface area contributed by atoms with E-state index in [0.717, 1.165) is 6.42 Å². The van der Waals surface area contributed by atoms with Gasteiger partial charge in [0.2, 0.25) is 0 Å². The summed E-state index contributed by atoms with van der Waals surface area (Å²) in [4.78, 5) is 8.34. The van der Waals surface area contributed by atoms with E-state index in [1.54, 1.807) is 12.1 Å². The SMILES string of the molecule is NCCCNc1ncnc2c1nnn2Cc1c(F)cccc1Cl. The minimum Gasteiger partial charge on any atom is -0.368 e.